The summed E-state index contributed by atoms with van der Waals surface area (Å²) in [6.07, 6.45) is 7.95. The number of carbonyl (C=O) groups excluding carboxylic acids is 1. The molecule has 0 aliphatic rings. The largest absolute Gasteiger partial charge is 0.319 e. The summed E-state index contributed by atoms with van der Waals surface area (Å²) < 4.78 is 0. The van der Waals surface area contributed by atoms with Crippen molar-refractivity contribution < 1.29 is 4.79 Å². The average Bonchev–Trinajstić information content (AvgIpc) is 2.50. The first-order valence-corrected chi connectivity index (χ1v) is 7.27. The van der Waals surface area contributed by atoms with Crippen molar-refractivity contribution >= 4 is 29.3 Å². The van der Waals surface area contributed by atoms with Crippen molar-refractivity contribution in [1.29, 1.82) is 0 Å². The molecule has 0 bridgehead atoms. The Balaban J connectivity index is 2.05. The molecule has 2 rings (SSSR count). The molecule has 1 N–H and O–H groups in total. The highest BCUT2D eigenvalue weighted by Crippen LogP contribution is 2.18. The van der Waals surface area contributed by atoms with E-state index in [0.717, 1.165) is 18.4 Å². The second kappa shape index (κ2) is 7.60. The van der Waals surface area contributed by atoms with E-state index >= 15 is 0 Å². The van der Waals surface area contributed by atoms with Gasteiger partial charge in [0.05, 0.1) is 5.69 Å². The SMILES string of the molecule is CCC/C=C/c1ccc(C(=O)Nc2cccnc2Cl)cc1. The summed E-state index contributed by atoms with van der Waals surface area (Å²) in [5, 5.41) is 3.03. The van der Waals surface area contributed by atoms with Crippen LogP contribution in [0.15, 0.2) is 48.7 Å². The minimum absolute atomic E-state index is 0.200. The Morgan fingerprint density at radius 2 is 2.05 bits per heavy atom. The third-order valence-corrected chi connectivity index (χ3v) is 3.25. The van der Waals surface area contributed by atoms with Crippen LogP contribution in [0.1, 0.15) is 35.7 Å². The number of hydrogen-bond donors (Lipinski definition) is 1. The van der Waals surface area contributed by atoms with Crippen LogP contribution >= 0.6 is 11.6 Å². The topological polar surface area (TPSA) is 42.0 Å². The second-order valence-electron chi connectivity index (χ2n) is 4.61. The third-order valence-electron chi connectivity index (χ3n) is 2.95. The molecule has 1 amide bonds. The number of nitrogens with one attached hydrogen (secondary N) is 1. The molecular formula is C17H17ClN2O. The Hall–Kier alpha value is -2.13. The molecule has 1 aromatic carbocycles. The molecule has 3 nitrogen and oxygen atoms in total. The van der Waals surface area contributed by atoms with Gasteiger partial charge >= 0.3 is 0 Å². The van der Waals surface area contributed by atoms with Gasteiger partial charge in [-0.3, -0.25) is 4.79 Å². The predicted octanol–water partition coefficient (Wildman–Crippen LogP) is 4.80. The molecule has 0 saturated carbocycles. The van der Waals surface area contributed by atoms with Crippen molar-refractivity contribution in [1.82, 2.24) is 4.98 Å². The zero-order chi connectivity index (χ0) is 15.1. The lowest BCUT2D eigenvalue weighted by Crippen LogP contribution is -2.12. The van der Waals surface area contributed by atoms with Gasteiger partial charge < -0.3 is 5.32 Å². The molecule has 0 saturated heterocycles. The molecule has 0 radical (unpaired) electrons. The van der Waals surface area contributed by atoms with Crippen LogP contribution in [0.5, 0.6) is 0 Å². The van der Waals surface area contributed by atoms with E-state index in [-0.39, 0.29) is 11.1 Å². The lowest BCUT2D eigenvalue weighted by molar-refractivity contribution is 0.102. The molecule has 0 aliphatic heterocycles. The van der Waals surface area contributed by atoms with Crippen LogP contribution in [0.2, 0.25) is 5.15 Å². The summed E-state index contributed by atoms with van der Waals surface area (Å²) in [6.45, 7) is 2.14. The van der Waals surface area contributed by atoms with Crippen LogP contribution in [0.25, 0.3) is 6.08 Å². The fraction of sp³-hybridized carbons (Fsp3) is 0.176. The van der Waals surface area contributed by atoms with Crippen molar-refractivity contribution in [2.75, 3.05) is 5.32 Å². The summed E-state index contributed by atoms with van der Waals surface area (Å²) in [5.74, 6) is -0.200. The van der Waals surface area contributed by atoms with Crippen LogP contribution in [0, 0.1) is 0 Å². The molecule has 0 aliphatic carbocycles. The van der Waals surface area contributed by atoms with Gasteiger partial charge in [-0.15, -0.1) is 0 Å². The normalized spacial score (nSPS) is 10.8. The van der Waals surface area contributed by atoms with E-state index in [1.54, 1.807) is 30.5 Å². The standard InChI is InChI=1S/C17H17ClN2O/c1-2-3-4-6-13-8-10-14(11-9-13)17(21)20-15-7-5-12-19-16(15)18/h4-12H,2-3H2,1H3,(H,20,21)/b6-4+. The minimum atomic E-state index is -0.200. The van der Waals surface area contributed by atoms with Gasteiger partial charge in [0.15, 0.2) is 5.15 Å². The van der Waals surface area contributed by atoms with Gasteiger partial charge in [0, 0.05) is 11.8 Å². The Labute approximate surface area is 129 Å². The highest BCUT2D eigenvalue weighted by atomic mass is 35.5. The van der Waals surface area contributed by atoms with Crippen molar-refractivity contribution in [3.8, 4) is 0 Å². The number of hydrogen-bond acceptors (Lipinski definition) is 2. The lowest BCUT2D eigenvalue weighted by atomic mass is 10.1. The van der Waals surface area contributed by atoms with Gasteiger partial charge in [-0.25, -0.2) is 4.98 Å². The zero-order valence-electron chi connectivity index (χ0n) is 11.8. The highest BCUT2D eigenvalue weighted by molar-refractivity contribution is 6.32. The van der Waals surface area contributed by atoms with Crippen molar-refractivity contribution in [3.63, 3.8) is 0 Å². The van der Waals surface area contributed by atoms with E-state index in [4.69, 9.17) is 11.6 Å². The number of amides is 1. The number of rotatable bonds is 5. The van der Waals surface area contributed by atoms with E-state index in [9.17, 15) is 4.79 Å². The second-order valence-corrected chi connectivity index (χ2v) is 4.97. The zero-order valence-corrected chi connectivity index (χ0v) is 12.6. The van der Waals surface area contributed by atoms with E-state index < -0.39 is 0 Å². The summed E-state index contributed by atoms with van der Waals surface area (Å²) in [6, 6.07) is 10.9. The maximum atomic E-state index is 12.1. The van der Waals surface area contributed by atoms with E-state index in [1.807, 2.05) is 12.1 Å². The highest BCUT2D eigenvalue weighted by Gasteiger charge is 2.08. The third kappa shape index (κ3) is 4.43. The maximum absolute atomic E-state index is 12.1. The fourth-order valence-electron chi connectivity index (χ4n) is 1.81. The van der Waals surface area contributed by atoms with Crippen LogP contribution in [-0.2, 0) is 0 Å². The Kier molecular flexibility index (Phi) is 5.52. The molecule has 0 spiro atoms. The number of unbranched alkanes of at least 4 members (excludes halogenated alkanes) is 1. The molecule has 0 fully saturated rings. The Morgan fingerprint density at radius 3 is 2.71 bits per heavy atom. The quantitative estimate of drug-likeness (QED) is 0.806. The van der Waals surface area contributed by atoms with Crippen LogP contribution in [0.3, 0.4) is 0 Å². The molecule has 2 aromatic rings. The molecule has 4 heteroatoms. The van der Waals surface area contributed by atoms with E-state index in [0.29, 0.717) is 11.3 Å². The summed E-state index contributed by atoms with van der Waals surface area (Å²) in [5.41, 5.74) is 2.18. The monoisotopic (exact) mass is 300 g/mol. The number of pyridine rings is 1. The number of aromatic nitrogens is 1. The first kappa shape index (κ1) is 15.3. The number of halogens is 1. The summed E-state index contributed by atoms with van der Waals surface area (Å²) in [7, 11) is 0. The lowest BCUT2D eigenvalue weighted by Gasteiger charge is -2.06. The Morgan fingerprint density at radius 1 is 1.29 bits per heavy atom. The minimum Gasteiger partial charge on any atom is -0.319 e. The van der Waals surface area contributed by atoms with Crippen LogP contribution < -0.4 is 5.32 Å². The average molecular weight is 301 g/mol. The summed E-state index contributed by atoms with van der Waals surface area (Å²) >= 11 is 5.92. The van der Waals surface area contributed by atoms with Gasteiger partial charge in [-0.2, -0.15) is 0 Å². The number of benzene rings is 1. The molecule has 0 atom stereocenters. The van der Waals surface area contributed by atoms with Gasteiger partial charge in [0.1, 0.15) is 0 Å². The molecule has 21 heavy (non-hydrogen) atoms. The summed E-state index contributed by atoms with van der Waals surface area (Å²) in [4.78, 5) is 16.0. The van der Waals surface area contributed by atoms with Gasteiger partial charge in [0.2, 0.25) is 0 Å². The van der Waals surface area contributed by atoms with Crippen LogP contribution in [0.4, 0.5) is 5.69 Å². The van der Waals surface area contributed by atoms with Gasteiger partial charge in [-0.1, -0.05) is 49.2 Å². The van der Waals surface area contributed by atoms with E-state index in [1.165, 1.54) is 0 Å². The molecular weight excluding hydrogens is 284 g/mol. The number of carbonyl (C=O) groups is 1. The number of anilines is 1. The smallest absolute Gasteiger partial charge is 0.255 e. The molecule has 1 aromatic heterocycles. The predicted molar refractivity (Wildman–Crippen MR) is 87.6 cm³/mol. The molecule has 108 valence electrons. The van der Waals surface area contributed by atoms with Gasteiger partial charge in [-0.05, 0) is 36.2 Å². The van der Waals surface area contributed by atoms with Crippen molar-refractivity contribution in [3.05, 3.63) is 65.0 Å². The number of allylic oxidation sites excluding steroid dienone is 1. The van der Waals surface area contributed by atoms with E-state index in [2.05, 4.69) is 29.4 Å². The first-order valence-electron chi connectivity index (χ1n) is 6.89. The Bertz CT molecular complexity index is 635. The maximum Gasteiger partial charge on any atom is 0.255 e. The van der Waals surface area contributed by atoms with Crippen molar-refractivity contribution in [2.24, 2.45) is 0 Å². The number of nitrogens with zero attached hydrogens (tertiary/aromatic N) is 1. The van der Waals surface area contributed by atoms with Crippen molar-refractivity contribution in [2.45, 2.75) is 19.8 Å². The molecule has 0 unspecified atom stereocenters. The van der Waals surface area contributed by atoms with Crippen LogP contribution in [-0.4, -0.2) is 10.9 Å². The first-order chi connectivity index (χ1) is 10.2. The molecule has 1 heterocycles. The fourth-order valence-corrected chi connectivity index (χ4v) is 1.97. The van der Waals surface area contributed by atoms with Gasteiger partial charge in [0.25, 0.3) is 5.91 Å².